The number of fused-ring (bicyclic) bond motifs is 1. The summed E-state index contributed by atoms with van der Waals surface area (Å²) >= 11 is 1.52. The summed E-state index contributed by atoms with van der Waals surface area (Å²) in [4.78, 5) is -0.229. The van der Waals surface area contributed by atoms with Gasteiger partial charge in [0.1, 0.15) is 21.4 Å². The second kappa shape index (κ2) is 8.03. The molecule has 1 N–H and O–H groups in total. The summed E-state index contributed by atoms with van der Waals surface area (Å²) in [7, 11) is -8.38. The Morgan fingerprint density at radius 3 is 2.04 bits per heavy atom. The number of aromatic nitrogens is 1. The molecule has 0 spiro atoms. The average Bonchev–Trinajstić information content (AvgIpc) is 2.88. The predicted molar refractivity (Wildman–Crippen MR) is 101 cm³/mol. The van der Waals surface area contributed by atoms with Gasteiger partial charge in [-0.1, -0.05) is 29.0 Å². The van der Waals surface area contributed by atoms with Crippen LogP contribution in [0.2, 0.25) is 0 Å². The van der Waals surface area contributed by atoms with Crippen LogP contribution in [0.1, 0.15) is 17.5 Å². The van der Waals surface area contributed by atoms with Crippen molar-refractivity contribution in [1.82, 2.24) is 0 Å². The Balaban J connectivity index is 0.000000208. The molecule has 1 heterocycles. The van der Waals surface area contributed by atoms with E-state index in [4.69, 9.17) is 4.55 Å². The molecular weight excluding hydrogens is 410 g/mol. The van der Waals surface area contributed by atoms with Crippen molar-refractivity contribution in [2.75, 3.05) is 0 Å². The summed E-state index contributed by atoms with van der Waals surface area (Å²) < 4.78 is 65.1. The first-order chi connectivity index (χ1) is 12.4. The van der Waals surface area contributed by atoms with Crippen LogP contribution in [0.3, 0.4) is 0 Å². The summed E-state index contributed by atoms with van der Waals surface area (Å²) in [5.41, 5.74) is 1.93. The molecule has 7 nitrogen and oxygen atoms in total. The Morgan fingerprint density at radius 1 is 1.00 bits per heavy atom. The SMILES string of the molecule is CC[n+]1c(C)sc2cc(S(=O)(=O)O)ccc21.Cc1ccc(S(=O)(=O)[O-])cc1. The monoisotopic (exact) mass is 429 g/mol. The Bertz CT molecular complexity index is 1160. The van der Waals surface area contributed by atoms with Gasteiger partial charge in [0.15, 0.2) is 0 Å². The maximum absolute atomic E-state index is 11.0. The molecule has 0 saturated heterocycles. The molecule has 27 heavy (non-hydrogen) atoms. The summed E-state index contributed by atoms with van der Waals surface area (Å²) in [6.45, 7) is 6.69. The van der Waals surface area contributed by atoms with E-state index in [1.807, 2.05) is 20.8 Å². The van der Waals surface area contributed by atoms with Gasteiger partial charge >= 0.3 is 0 Å². The number of rotatable bonds is 3. The van der Waals surface area contributed by atoms with Crippen LogP contribution in [0.15, 0.2) is 52.3 Å². The van der Waals surface area contributed by atoms with Gasteiger partial charge in [-0.25, -0.2) is 8.42 Å². The summed E-state index contributed by atoms with van der Waals surface area (Å²) in [6.07, 6.45) is 0. The fraction of sp³-hybridized carbons (Fsp3) is 0.235. The van der Waals surface area contributed by atoms with Gasteiger partial charge in [0, 0.05) is 13.0 Å². The molecule has 0 radical (unpaired) electrons. The lowest BCUT2D eigenvalue weighted by Gasteiger charge is -2.05. The topological polar surface area (TPSA) is 115 Å². The van der Waals surface area contributed by atoms with Gasteiger partial charge in [-0.2, -0.15) is 13.0 Å². The highest BCUT2D eigenvalue weighted by molar-refractivity contribution is 7.86. The average molecular weight is 430 g/mol. The minimum atomic E-state index is -4.27. The largest absolute Gasteiger partial charge is 0.744 e. The highest BCUT2D eigenvalue weighted by Crippen LogP contribution is 2.23. The number of hydrogen-bond donors (Lipinski definition) is 1. The molecular formula is C17H19NO6S3. The number of aryl methyl sites for hydroxylation is 3. The normalized spacial score (nSPS) is 11.9. The molecule has 0 aliphatic carbocycles. The molecule has 3 aromatic rings. The van der Waals surface area contributed by atoms with E-state index in [1.165, 1.54) is 35.6 Å². The lowest BCUT2D eigenvalue weighted by molar-refractivity contribution is -0.669. The summed E-state index contributed by atoms with van der Waals surface area (Å²) in [5, 5.41) is 1.12. The second-order valence-electron chi connectivity index (χ2n) is 5.74. The molecule has 2 aromatic carbocycles. The molecule has 0 saturated carbocycles. The van der Waals surface area contributed by atoms with Gasteiger partial charge in [-0.05, 0) is 38.1 Å². The van der Waals surface area contributed by atoms with Crippen molar-refractivity contribution in [2.45, 2.75) is 37.1 Å². The van der Waals surface area contributed by atoms with Crippen LogP contribution in [-0.2, 0) is 26.8 Å². The molecule has 10 heteroatoms. The van der Waals surface area contributed by atoms with E-state index < -0.39 is 20.2 Å². The van der Waals surface area contributed by atoms with Crippen LogP contribution < -0.4 is 4.57 Å². The highest BCUT2D eigenvalue weighted by atomic mass is 32.2. The molecule has 0 atom stereocenters. The van der Waals surface area contributed by atoms with Crippen molar-refractivity contribution < 1.29 is 30.5 Å². The maximum Gasteiger partial charge on any atom is 0.294 e. The summed E-state index contributed by atoms with van der Waals surface area (Å²) in [6, 6.07) is 10.4. The van der Waals surface area contributed by atoms with Crippen LogP contribution >= 0.6 is 11.3 Å². The van der Waals surface area contributed by atoms with E-state index in [2.05, 4.69) is 4.57 Å². The predicted octanol–water partition coefficient (Wildman–Crippen LogP) is 2.66. The lowest BCUT2D eigenvalue weighted by Crippen LogP contribution is -2.33. The van der Waals surface area contributed by atoms with Crippen LogP contribution in [0.4, 0.5) is 0 Å². The van der Waals surface area contributed by atoms with Crippen LogP contribution in [0.25, 0.3) is 10.2 Å². The van der Waals surface area contributed by atoms with Gasteiger partial charge in [0.25, 0.3) is 10.1 Å². The van der Waals surface area contributed by atoms with Crippen molar-refractivity contribution in [3.8, 4) is 0 Å². The third kappa shape index (κ3) is 5.33. The Labute approximate surface area is 162 Å². The molecule has 1 aromatic heterocycles. The van der Waals surface area contributed by atoms with E-state index in [0.29, 0.717) is 0 Å². The zero-order valence-corrected chi connectivity index (χ0v) is 17.4. The first-order valence-electron chi connectivity index (χ1n) is 7.86. The van der Waals surface area contributed by atoms with Crippen LogP contribution in [-0.4, -0.2) is 25.9 Å². The minimum Gasteiger partial charge on any atom is -0.744 e. The molecule has 146 valence electrons. The van der Waals surface area contributed by atoms with Crippen LogP contribution in [0.5, 0.6) is 0 Å². The van der Waals surface area contributed by atoms with E-state index in [9.17, 15) is 21.4 Å². The first-order valence-corrected chi connectivity index (χ1v) is 11.5. The zero-order valence-electron chi connectivity index (χ0n) is 14.9. The highest BCUT2D eigenvalue weighted by Gasteiger charge is 2.18. The molecule has 3 rings (SSSR count). The molecule has 0 aliphatic rings. The number of thiazole rings is 1. The number of hydrogen-bond acceptors (Lipinski definition) is 6. The molecule has 0 amide bonds. The van der Waals surface area contributed by atoms with Crippen molar-refractivity contribution >= 4 is 41.8 Å². The van der Waals surface area contributed by atoms with Crippen molar-refractivity contribution in [2.24, 2.45) is 0 Å². The van der Waals surface area contributed by atoms with E-state index in [1.54, 1.807) is 18.2 Å². The van der Waals surface area contributed by atoms with Gasteiger partial charge in [-0.3, -0.25) is 4.55 Å². The van der Waals surface area contributed by atoms with E-state index in [0.717, 1.165) is 27.3 Å². The van der Waals surface area contributed by atoms with Gasteiger partial charge in [0.05, 0.1) is 9.79 Å². The third-order valence-corrected chi connectivity index (χ3v) is 6.55. The van der Waals surface area contributed by atoms with Gasteiger partial charge in [-0.15, -0.1) is 0 Å². The molecule has 0 fully saturated rings. The Morgan fingerprint density at radius 2 is 1.56 bits per heavy atom. The van der Waals surface area contributed by atoms with Gasteiger partial charge in [0.2, 0.25) is 10.5 Å². The summed E-state index contributed by atoms with van der Waals surface area (Å²) in [5.74, 6) is 0. The van der Waals surface area contributed by atoms with Gasteiger partial charge < -0.3 is 4.55 Å². The Kier molecular flexibility index (Phi) is 6.38. The molecule has 0 bridgehead atoms. The van der Waals surface area contributed by atoms with Crippen molar-refractivity contribution in [1.29, 1.82) is 0 Å². The smallest absolute Gasteiger partial charge is 0.294 e. The first kappa shape index (κ1) is 21.5. The number of nitrogens with zero attached hydrogens (tertiary/aromatic N) is 1. The maximum atomic E-state index is 11.0. The van der Waals surface area contributed by atoms with Crippen LogP contribution in [0, 0.1) is 13.8 Å². The van der Waals surface area contributed by atoms with E-state index in [-0.39, 0.29) is 9.79 Å². The van der Waals surface area contributed by atoms with Crippen molar-refractivity contribution in [3.05, 3.63) is 53.0 Å². The standard InChI is InChI=1S/C10H11NO3S2.C7H8O3S/c1-3-11-7(2)15-10-6-8(16(12,13)14)4-5-9(10)11;1-6-2-4-7(5-3-6)11(8,9)10/h4-6H,3H2,1-2H3;2-5H,1H3,(H,8,9,10). The zero-order chi connectivity index (χ0) is 20.4. The Hall–Kier alpha value is -1.85. The minimum absolute atomic E-state index is 0.0514. The molecule has 0 aliphatic heterocycles. The second-order valence-corrected chi connectivity index (χ2v) is 9.77. The third-order valence-electron chi connectivity index (χ3n) is 3.78. The van der Waals surface area contributed by atoms with E-state index >= 15 is 0 Å². The van der Waals surface area contributed by atoms with Crippen molar-refractivity contribution in [3.63, 3.8) is 0 Å². The fourth-order valence-corrected chi connectivity index (χ4v) is 4.62. The lowest BCUT2D eigenvalue weighted by atomic mass is 10.2. The number of benzene rings is 2. The fourth-order valence-electron chi connectivity index (χ4n) is 2.44. The quantitative estimate of drug-likeness (QED) is 0.505. The molecule has 0 unspecified atom stereocenters.